The number of hydrogen-bond acceptors (Lipinski definition) is 5. The molecule has 1 aliphatic heterocycles. The number of morpholine rings is 1. The largest absolute Gasteiger partial charge is 0.379 e. The molecule has 1 fully saturated rings. The highest BCUT2D eigenvalue weighted by Gasteiger charge is 2.13. The molecule has 1 aliphatic rings. The van der Waals surface area contributed by atoms with Gasteiger partial charge in [-0.2, -0.15) is 0 Å². The number of anilines is 1. The molecule has 30 heavy (non-hydrogen) atoms. The monoisotopic (exact) mass is 417 g/mol. The van der Waals surface area contributed by atoms with Crippen molar-refractivity contribution in [1.29, 1.82) is 0 Å². The molecule has 0 bridgehead atoms. The fourth-order valence-corrected chi connectivity index (χ4v) is 4.87. The summed E-state index contributed by atoms with van der Waals surface area (Å²) >= 11 is 1.53. The SMILES string of the molecule is O=C(Cc1cccc2ccccc12)Nc1nc2ccc(CN3CCOCC3)cc2s1. The Morgan fingerprint density at radius 1 is 1.07 bits per heavy atom. The Balaban J connectivity index is 1.29. The molecule has 5 rings (SSSR count). The van der Waals surface area contributed by atoms with E-state index in [0.717, 1.165) is 59.4 Å². The summed E-state index contributed by atoms with van der Waals surface area (Å²) < 4.78 is 6.52. The van der Waals surface area contributed by atoms with E-state index in [1.165, 1.54) is 16.9 Å². The van der Waals surface area contributed by atoms with Crippen LogP contribution in [0.15, 0.2) is 60.7 Å². The van der Waals surface area contributed by atoms with E-state index in [4.69, 9.17) is 4.74 Å². The van der Waals surface area contributed by atoms with Gasteiger partial charge in [-0.25, -0.2) is 4.98 Å². The number of ether oxygens (including phenoxy) is 1. The topological polar surface area (TPSA) is 54.5 Å². The van der Waals surface area contributed by atoms with Crippen LogP contribution in [0.25, 0.3) is 21.0 Å². The molecule has 0 atom stereocenters. The Hall–Kier alpha value is -2.80. The van der Waals surface area contributed by atoms with E-state index in [-0.39, 0.29) is 5.91 Å². The Kier molecular flexibility index (Phi) is 5.45. The van der Waals surface area contributed by atoms with Crippen LogP contribution in [-0.2, 0) is 22.5 Å². The van der Waals surface area contributed by atoms with E-state index in [1.807, 2.05) is 30.3 Å². The highest BCUT2D eigenvalue weighted by molar-refractivity contribution is 7.22. The zero-order valence-corrected chi connectivity index (χ0v) is 17.5. The molecular weight excluding hydrogens is 394 g/mol. The fraction of sp³-hybridized carbons (Fsp3) is 0.250. The summed E-state index contributed by atoms with van der Waals surface area (Å²) in [5, 5.41) is 5.91. The number of carbonyl (C=O) groups is 1. The quantitative estimate of drug-likeness (QED) is 0.521. The van der Waals surface area contributed by atoms with E-state index in [1.54, 1.807) is 0 Å². The number of fused-ring (bicyclic) bond motifs is 2. The average molecular weight is 418 g/mol. The summed E-state index contributed by atoms with van der Waals surface area (Å²) in [6, 6.07) is 20.6. The number of nitrogens with zero attached hydrogens (tertiary/aromatic N) is 2. The van der Waals surface area contributed by atoms with Crippen LogP contribution in [0, 0.1) is 0 Å². The summed E-state index contributed by atoms with van der Waals surface area (Å²) in [7, 11) is 0. The van der Waals surface area contributed by atoms with Gasteiger partial charge in [0.05, 0.1) is 29.9 Å². The summed E-state index contributed by atoms with van der Waals surface area (Å²) in [6.07, 6.45) is 0.333. The molecule has 0 radical (unpaired) electrons. The lowest BCUT2D eigenvalue weighted by molar-refractivity contribution is -0.115. The number of benzene rings is 3. The van der Waals surface area contributed by atoms with Crippen LogP contribution in [0.1, 0.15) is 11.1 Å². The molecule has 0 saturated carbocycles. The van der Waals surface area contributed by atoms with Crippen LogP contribution in [0.4, 0.5) is 5.13 Å². The van der Waals surface area contributed by atoms with Gasteiger partial charge in [-0.05, 0) is 34.0 Å². The third-order valence-corrected chi connectivity index (χ3v) is 6.37. The molecule has 0 unspecified atom stereocenters. The number of rotatable bonds is 5. The Morgan fingerprint density at radius 3 is 2.80 bits per heavy atom. The zero-order chi connectivity index (χ0) is 20.3. The summed E-state index contributed by atoms with van der Waals surface area (Å²) in [5.74, 6) is -0.0426. The van der Waals surface area contributed by atoms with Crippen molar-refractivity contribution in [3.8, 4) is 0 Å². The van der Waals surface area contributed by atoms with Crippen LogP contribution >= 0.6 is 11.3 Å². The first-order valence-electron chi connectivity index (χ1n) is 10.2. The number of thiazole rings is 1. The second-order valence-electron chi connectivity index (χ2n) is 7.57. The van der Waals surface area contributed by atoms with Gasteiger partial charge in [0.2, 0.25) is 5.91 Å². The van der Waals surface area contributed by atoms with Crippen LogP contribution < -0.4 is 5.32 Å². The minimum atomic E-state index is -0.0426. The molecule has 4 aromatic rings. The number of aromatic nitrogens is 1. The van der Waals surface area contributed by atoms with Crippen molar-refractivity contribution in [2.45, 2.75) is 13.0 Å². The van der Waals surface area contributed by atoms with Crippen molar-refractivity contribution in [3.05, 3.63) is 71.8 Å². The maximum absolute atomic E-state index is 12.7. The molecule has 1 saturated heterocycles. The van der Waals surface area contributed by atoms with Gasteiger partial charge >= 0.3 is 0 Å². The molecule has 6 heteroatoms. The zero-order valence-electron chi connectivity index (χ0n) is 16.6. The van der Waals surface area contributed by atoms with Crippen molar-refractivity contribution in [2.75, 3.05) is 31.6 Å². The van der Waals surface area contributed by atoms with Gasteiger partial charge in [0.15, 0.2) is 5.13 Å². The summed E-state index contributed by atoms with van der Waals surface area (Å²) in [5.41, 5.74) is 3.22. The standard InChI is InChI=1S/C24H23N3O2S/c28-23(15-19-6-3-5-18-4-1-2-7-20(18)19)26-24-25-21-9-8-17(14-22(21)30-24)16-27-10-12-29-13-11-27/h1-9,14H,10-13,15-16H2,(H,25,26,28). The number of carbonyl (C=O) groups excluding carboxylic acids is 1. The molecule has 3 aromatic carbocycles. The third-order valence-electron chi connectivity index (χ3n) is 5.44. The normalized spacial score (nSPS) is 14.9. The van der Waals surface area contributed by atoms with Crippen molar-refractivity contribution in [1.82, 2.24) is 9.88 Å². The Bertz CT molecular complexity index is 1190. The predicted molar refractivity (Wildman–Crippen MR) is 122 cm³/mol. The van der Waals surface area contributed by atoms with Crippen LogP contribution in [0.5, 0.6) is 0 Å². The van der Waals surface area contributed by atoms with Gasteiger partial charge < -0.3 is 10.1 Å². The Labute approximate surface area is 179 Å². The van der Waals surface area contributed by atoms with Gasteiger partial charge in [-0.3, -0.25) is 9.69 Å². The average Bonchev–Trinajstić information content (AvgIpc) is 3.16. The van der Waals surface area contributed by atoms with Crippen molar-refractivity contribution in [3.63, 3.8) is 0 Å². The molecule has 1 aromatic heterocycles. The number of amides is 1. The highest BCUT2D eigenvalue weighted by Crippen LogP contribution is 2.28. The smallest absolute Gasteiger partial charge is 0.230 e. The molecule has 0 aliphatic carbocycles. The minimum absolute atomic E-state index is 0.0426. The second-order valence-corrected chi connectivity index (χ2v) is 8.60. The summed E-state index contributed by atoms with van der Waals surface area (Å²) in [6.45, 7) is 4.46. The van der Waals surface area contributed by atoms with E-state index in [9.17, 15) is 4.79 Å². The first-order chi connectivity index (χ1) is 14.7. The van der Waals surface area contributed by atoms with Gasteiger partial charge in [0, 0.05) is 19.6 Å². The third kappa shape index (κ3) is 4.21. The van der Waals surface area contributed by atoms with Crippen LogP contribution in [0.3, 0.4) is 0 Å². The van der Waals surface area contributed by atoms with E-state index in [2.05, 4.69) is 45.5 Å². The lowest BCUT2D eigenvalue weighted by Crippen LogP contribution is -2.35. The molecule has 1 N–H and O–H groups in total. The minimum Gasteiger partial charge on any atom is -0.379 e. The molecule has 1 amide bonds. The lowest BCUT2D eigenvalue weighted by atomic mass is 10.0. The second kappa shape index (κ2) is 8.52. The van der Waals surface area contributed by atoms with Crippen molar-refractivity contribution < 1.29 is 9.53 Å². The molecule has 5 nitrogen and oxygen atoms in total. The number of nitrogens with one attached hydrogen (secondary N) is 1. The van der Waals surface area contributed by atoms with Crippen LogP contribution in [-0.4, -0.2) is 42.1 Å². The van der Waals surface area contributed by atoms with Crippen molar-refractivity contribution in [2.24, 2.45) is 0 Å². The lowest BCUT2D eigenvalue weighted by Gasteiger charge is -2.26. The van der Waals surface area contributed by atoms with Gasteiger partial charge in [-0.1, -0.05) is 59.9 Å². The molecule has 0 spiro atoms. The van der Waals surface area contributed by atoms with E-state index < -0.39 is 0 Å². The predicted octanol–water partition coefficient (Wildman–Crippen LogP) is 4.46. The van der Waals surface area contributed by atoms with Gasteiger partial charge in [-0.15, -0.1) is 0 Å². The van der Waals surface area contributed by atoms with Crippen molar-refractivity contribution >= 4 is 43.4 Å². The molecular formula is C24H23N3O2S. The van der Waals surface area contributed by atoms with E-state index >= 15 is 0 Å². The van der Waals surface area contributed by atoms with Gasteiger partial charge in [0.1, 0.15) is 0 Å². The first-order valence-corrected chi connectivity index (χ1v) is 11.0. The highest BCUT2D eigenvalue weighted by atomic mass is 32.1. The first kappa shape index (κ1) is 19.2. The summed E-state index contributed by atoms with van der Waals surface area (Å²) in [4.78, 5) is 19.7. The Morgan fingerprint density at radius 2 is 1.90 bits per heavy atom. The van der Waals surface area contributed by atoms with Gasteiger partial charge in [0.25, 0.3) is 0 Å². The molecule has 152 valence electrons. The van der Waals surface area contributed by atoms with Crippen LogP contribution in [0.2, 0.25) is 0 Å². The van der Waals surface area contributed by atoms with E-state index in [0.29, 0.717) is 11.6 Å². The molecule has 2 heterocycles. The maximum atomic E-state index is 12.7. The maximum Gasteiger partial charge on any atom is 0.230 e. The fourth-order valence-electron chi connectivity index (χ4n) is 3.92. The number of hydrogen-bond donors (Lipinski definition) is 1.